The molecule has 2 unspecified atom stereocenters. The van der Waals surface area contributed by atoms with Crippen molar-refractivity contribution in [3.05, 3.63) is 29.8 Å². The molecular formula is C23H29NO6. The number of rotatable bonds is 2. The van der Waals surface area contributed by atoms with Gasteiger partial charge in [0.05, 0.1) is 0 Å². The van der Waals surface area contributed by atoms with Crippen molar-refractivity contribution in [3.8, 4) is 5.75 Å². The molecule has 3 N–H and O–H groups in total. The number of phenols is 1. The van der Waals surface area contributed by atoms with Crippen LogP contribution in [-0.2, 0) is 14.5 Å². The van der Waals surface area contributed by atoms with Crippen LogP contribution in [0.4, 0.5) is 4.79 Å². The van der Waals surface area contributed by atoms with E-state index in [0.717, 1.165) is 57.8 Å². The number of phenolic OH excluding ortho intramolecular Hbond substituents is 1. The maximum Gasteiger partial charge on any atom is 0.405 e. The first kappa shape index (κ1) is 18.9. The minimum Gasteiger partial charge on any atom is -0.508 e. The topological polar surface area (TPSA) is 97.3 Å². The molecule has 1 aromatic carbocycles. The van der Waals surface area contributed by atoms with Gasteiger partial charge >= 0.3 is 6.09 Å². The fourth-order valence-corrected chi connectivity index (χ4v) is 7.47. The highest BCUT2D eigenvalue weighted by molar-refractivity contribution is 5.65. The fraction of sp³-hybridized carbons (Fsp3) is 0.696. The molecule has 6 aliphatic rings. The van der Waals surface area contributed by atoms with Gasteiger partial charge < -0.3 is 20.3 Å². The Morgan fingerprint density at radius 1 is 1.03 bits per heavy atom. The first-order valence-corrected chi connectivity index (χ1v) is 11.3. The van der Waals surface area contributed by atoms with Gasteiger partial charge in [-0.15, -0.1) is 0 Å². The molecule has 2 spiro atoms. The third-order valence-corrected chi connectivity index (χ3v) is 8.40. The smallest absolute Gasteiger partial charge is 0.405 e. The number of amides is 1. The Bertz CT molecular complexity index is 840. The second-order valence-corrected chi connectivity index (χ2v) is 10.3. The molecule has 6 fully saturated rings. The summed E-state index contributed by atoms with van der Waals surface area (Å²) < 4.78 is 6.81. The standard InChI is InChI=1S/C23H29NO6/c25-19-5-3-15(4-6-19)16-2-1-7-22(11-16)28-23(30-29-22)17-8-14-9-18(23)13-21(10-14,12-17)24-20(26)27/h3-6,14,16-18,24-25H,1-2,7-13H2,(H,26,27)/t14?,16-,17-,18+,21?,22-,23+/m1/s1. The number of aromatic hydroxyl groups is 1. The highest BCUT2D eigenvalue weighted by Gasteiger charge is 2.70. The maximum atomic E-state index is 11.4. The maximum absolute atomic E-state index is 11.4. The van der Waals surface area contributed by atoms with Crippen LogP contribution in [0.1, 0.15) is 69.3 Å². The molecular weight excluding hydrogens is 386 g/mol. The summed E-state index contributed by atoms with van der Waals surface area (Å²) in [4.78, 5) is 23.6. The van der Waals surface area contributed by atoms with E-state index in [2.05, 4.69) is 5.32 Å². The molecule has 1 saturated heterocycles. The van der Waals surface area contributed by atoms with Crippen LogP contribution < -0.4 is 5.32 Å². The number of carbonyl (C=O) groups is 1. The van der Waals surface area contributed by atoms with Crippen molar-refractivity contribution in [2.75, 3.05) is 0 Å². The van der Waals surface area contributed by atoms with E-state index in [9.17, 15) is 15.0 Å². The van der Waals surface area contributed by atoms with Crippen LogP contribution in [0.5, 0.6) is 5.75 Å². The summed E-state index contributed by atoms with van der Waals surface area (Å²) in [6.07, 6.45) is 7.14. The normalized spacial score (nSPS) is 46.5. The number of hydrogen-bond donors (Lipinski definition) is 3. The summed E-state index contributed by atoms with van der Waals surface area (Å²) in [5.74, 6) is -0.0543. The lowest BCUT2D eigenvalue weighted by Crippen LogP contribution is -2.68. The SMILES string of the molecule is O=C(O)NC12CC3C[C@H](C1)[C@]1(OO[C@@]4(CCC[C@@H](c5ccc(O)cc5)C4)O1)[C@@H](C3)C2. The van der Waals surface area contributed by atoms with Gasteiger partial charge in [0.2, 0.25) is 11.6 Å². The van der Waals surface area contributed by atoms with Gasteiger partial charge in [0.15, 0.2) is 0 Å². The van der Waals surface area contributed by atoms with E-state index in [1.165, 1.54) is 5.56 Å². The average molecular weight is 415 g/mol. The van der Waals surface area contributed by atoms with Gasteiger partial charge in [-0.3, -0.25) is 0 Å². The third kappa shape index (κ3) is 2.78. The van der Waals surface area contributed by atoms with Crippen LogP contribution >= 0.6 is 0 Å². The highest BCUT2D eigenvalue weighted by Crippen LogP contribution is 2.65. The van der Waals surface area contributed by atoms with Crippen molar-refractivity contribution in [2.45, 2.75) is 80.8 Å². The molecule has 1 aliphatic heterocycles. The van der Waals surface area contributed by atoms with Crippen molar-refractivity contribution in [2.24, 2.45) is 17.8 Å². The van der Waals surface area contributed by atoms with Gasteiger partial charge in [0.1, 0.15) is 5.75 Å². The summed E-state index contributed by atoms with van der Waals surface area (Å²) in [6.45, 7) is 0. The van der Waals surface area contributed by atoms with E-state index in [1.54, 1.807) is 12.1 Å². The van der Waals surface area contributed by atoms with Gasteiger partial charge in [-0.05, 0) is 74.5 Å². The molecule has 5 aliphatic carbocycles. The Morgan fingerprint density at radius 3 is 2.47 bits per heavy atom. The van der Waals surface area contributed by atoms with Crippen LogP contribution in [-0.4, -0.2) is 33.4 Å². The molecule has 1 aromatic rings. The molecule has 0 aromatic heterocycles. The summed E-state index contributed by atoms with van der Waals surface area (Å²) in [5.41, 5.74) is 0.853. The summed E-state index contributed by atoms with van der Waals surface area (Å²) >= 11 is 0. The molecule has 30 heavy (non-hydrogen) atoms. The van der Waals surface area contributed by atoms with E-state index in [1.807, 2.05) is 12.1 Å². The van der Waals surface area contributed by atoms with Crippen LogP contribution in [0.25, 0.3) is 0 Å². The second-order valence-electron chi connectivity index (χ2n) is 10.3. The monoisotopic (exact) mass is 415 g/mol. The van der Waals surface area contributed by atoms with E-state index in [0.29, 0.717) is 11.8 Å². The molecule has 7 heteroatoms. The summed E-state index contributed by atoms with van der Waals surface area (Å²) in [6, 6.07) is 7.43. The van der Waals surface area contributed by atoms with E-state index >= 15 is 0 Å². The van der Waals surface area contributed by atoms with Crippen LogP contribution in [0, 0.1) is 17.8 Å². The Morgan fingerprint density at radius 2 is 1.77 bits per heavy atom. The highest BCUT2D eigenvalue weighted by atomic mass is 17.3. The lowest BCUT2D eigenvalue weighted by Gasteiger charge is -2.61. The van der Waals surface area contributed by atoms with Crippen molar-refractivity contribution in [3.63, 3.8) is 0 Å². The minimum absolute atomic E-state index is 0.157. The van der Waals surface area contributed by atoms with Gasteiger partial charge in [0.25, 0.3) is 0 Å². The van der Waals surface area contributed by atoms with Gasteiger partial charge in [-0.2, -0.15) is 9.78 Å². The minimum atomic E-state index is -0.934. The number of ether oxygens (including phenoxy) is 1. The van der Waals surface area contributed by atoms with Crippen molar-refractivity contribution < 1.29 is 29.5 Å². The van der Waals surface area contributed by atoms with E-state index in [-0.39, 0.29) is 23.1 Å². The van der Waals surface area contributed by atoms with E-state index in [4.69, 9.17) is 14.5 Å². The fourth-order valence-electron chi connectivity index (χ4n) is 7.47. The first-order valence-electron chi connectivity index (χ1n) is 11.3. The molecule has 7 nitrogen and oxygen atoms in total. The Labute approximate surface area is 175 Å². The van der Waals surface area contributed by atoms with Crippen LogP contribution in [0.15, 0.2) is 24.3 Å². The molecule has 4 bridgehead atoms. The zero-order valence-electron chi connectivity index (χ0n) is 17.0. The third-order valence-electron chi connectivity index (χ3n) is 8.40. The van der Waals surface area contributed by atoms with E-state index < -0.39 is 17.7 Å². The Hall–Kier alpha value is -1.83. The summed E-state index contributed by atoms with van der Waals surface area (Å²) in [5, 5.41) is 21.8. The lowest BCUT2D eigenvalue weighted by molar-refractivity contribution is -0.391. The molecule has 7 rings (SSSR count). The molecule has 5 saturated carbocycles. The first-order chi connectivity index (χ1) is 14.4. The number of carboxylic acid groups (broad SMARTS) is 1. The Balaban J connectivity index is 1.24. The van der Waals surface area contributed by atoms with Crippen LogP contribution in [0.3, 0.4) is 0 Å². The predicted octanol–water partition coefficient (Wildman–Crippen LogP) is 4.27. The molecule has 1 amide bonds. The van der Waals surface area contributed by atoms with Gasteiger partial charge in [0, 0.05) is 30.2 Å². The van der Waals surface area contributed by atoms with Gasteiger partial charge in [-0.25, -0.2) is 4.79 Å². The molecule has 1 heterocycles. The zero-order chi connectivity index (χ0) is 20.6. The quantitative estimate of drug-likeness (QED) is 0.624. The molecule has 162 valence electrons. The largest absolute Gasteiger partial charge is 0.508 e. The zero-order valence-corrected chi connectivity index (χ0v) is 17.0. The number of benzene rings is 1. The van der Waals surface area contributed by atoms with Crippen molar-refractivity contribution >= 4 is 6.09 Å². The van der Waals surface area contributed by atoms with Crippen molar-refractivity contribution in [1.82, 2.24) is 5.32 Å². The van der Waals surface area contributed by atoms with Gasteiger partial charge in [-0.1, -0.05) is 12.1 Å². The van der Waals surface area contributed by atoms with Crippen molar-refractivity contribution in [1.29, 1.82) is 0 Å². The lowest BCUT2D eigenvalue weighted by atomic mass is 9.50. The number of hydrogen-bond acceptors (Lipinski definition) is 5. The molecule has 0 radical (unpaired) electrons. The number of nitrogens with one attached hydrogen (secondary N) is 1. The summed E-state index contributed by atoms with van der Waals surface area (Å²) in [7, 11) is 0. The predicted molar refractivity (Wildman–Crippen MR) is 105 cm³/mol. The molecule has 7 atom stereocenters. The van der Waals surface area contributed by atoms with Crippen LogP contribution in [0.2, 0.25) is 0 Å². The average Bonchev–Trinajstić information content (AvgIpc) is 3.05. The second kappa shape index (κ2) is 6.34. The Kier molecular flexibility index (Phi) is 4.00.